The predicted octanol–water partition coefficient (Wildman–Crippen LogP) is 2.69. The summed E-state index contributed by atoms with van der Waals surface area (Å²) in [5.74, 6) is -1.53. The zero-order valence-electron chi connectivity index (χ0n) is 11.9. The molecule has 0 saturated heterocycles. The third-order valence-corrected chi connectivity index (χ3v) is 2.38. The Labute approximate surface area is 123 Å². The fourth-order valence-corrected chi connectivity index (χ4v) is 1.42. The van der Waals surface area contributed by atoms with Crippen LogP contribution in [0.15, 0.2) is 52.7 Å². The molecule has 0 radical (unpaired) electrons. The average Bonchev–Trinajstić information content (AvgIpc) is 2.46. The third kappa shape index (κ3) is 5.86. The quantitative estimate of drug-likeness (QED) is 0.297. The van der Waals surface area contributed by atoms with Crippen LogP contribution >= 0.6 is 0 Å². The number of carbonyl (C=O) groups is 2. The number of aliphatic hydroxyl groups excluding tert-OH is 1. The molecule has 0 aromatic heterocycles. The molecule has 110 valence electrons. The lowest BCUT2D eigenvalue weighted by atomic mass is 10.1. The van der Waals surface area contributed by atoms with E-state index in [4.69, 9.17) is 4.74 Å². The monoisotopic (exact) mass is 287 g/mol. The summed E-state index contributed by atoms with van der Waals surface area (Å²) in [4.78, 5) is 26.1. The Morgan fingerprint density at radius 1 is 1.29 bits per heavy atom. The summed E-state index contributed by atoms with van der Waals surface area (Å²) in [6.07, 6.45) is 3.99. The van der Waals surface area contributed by atoms with E-state index in [1.54, 1.807) is 13.0 Å². The molecule has 21 heavy (non-hydrogen) atoms. The second kappa shape index (κ2) is 8.47. The van der Waals surface area contributed by atoms with Crippen molar-refractivity contribution in [3.05, 3.63) is 53.3 Å². The highest BCUT2D eigenvalue weighted by atomic mass is 16.5. The SMILES string of the molecule is CCOC(=O)/C(C=NC(C)=O)=C(O)/C=C/c1ccccc1. The van der Waals surface area contributed by atoms with Gasteiger partial charge in [-0.15, -0.1) is 0 Å². The fraction of sp³-hybridized carbons (Fsp3) is 0.188. The van der Waals surface area contributed by atoms with Crippen molar-refractivity contribution in [1.82, 2.24) is 0 Å². The largest absolute Gasteiger partial charge is 0.507 e. The van der Waals surface area contributed by atoms with Crippen LogP contribution in [-0.4, -0.2) is 29.8 Å². The van der Waals surface area contributed by atoms with E-state index < -0.39 is 11.9 Å². The van der Waals surface area contributed by atoms with Gasteiger partial charge in [0.05, 0.1) is 6.61 Å². The van der Waals surface area contributed by atoms with E-state index >= 15 is 0 Å². The number of ether oxygens (including phenoxy) is 1. The van der Waals surface area contributed by atoms with Crippen LogP contribution in [0.3, 0.4) is 0 Å². The number of benzene rings is 1. The molecule has 1 rings (SSSR count). The predicted molar refractivity (Wildman–Crippen MR) is 80.9 cm³/mol. The maximum atomic E-state index is 11.7. The van der Waals surface area contributed by atoms with Crippen molar-refractivity contribution in [1.29, 1.82) is 0 Å². The van der Waals surface area contributed by atoms with Gasteiger partial charge in [-0.25, -0.2) is 9.79 Å². The Morgan fingerprint density at radius 2 is 1.95 bits per heavy atom. The lowest BCUT2D eigenvalue weighted by Gasteiger charge is -2.03. The Balaban J connectivity index is 3.05. The van der Waals surface area contributed by atoms with Gasteiger partial charge in [0, 0.05) is 13.1 Å². The maximum Gasteiger partial charge on any atom is 0.343 e. The summed E-state index contributed by atoms with van der Waals surface area (Å²) in [7, 11) is 0. The molecule has 1 N–H and O–H groups in total. The molecule has 0 heterocycles. The van der Waals surface area contributed by atoms with Crippen LogP contribution in [0.5, 0.6) is 0 Å². The van der Waals surface area contributed by atoms with E-state index in [2.05, 4.69) is 4.99 Å². The number of amides is 1. The average molecular weight is 287 g/mol. The van der Waals surface area contributed by atoms with Gasteiger partial charge in [-0.2, -0.15) is 0 Å². The fourth-order valence-electron chi connectivity index (χ4n) is 1.42. The molecule has 0 bridgehead atoms. The summed E-state index contributed by atoms with van der Waals surface area (Å²) < 4.78 is 4.82. The molecule has 1 amide bonds. The lowest BCUT2D eigenvalue weighted by Crippen LogP contribution is -2.11. The van der Waals surface area contributed by atoms with Gasteiger partial charge < -0.3 is 9.84 Å². The minimum absolute atomic E-state index is 0.159. The molecule has 5 heteroatoms. The van der Waals surface area contributed by atoms with E-state index in [0.717, 1.165) is 11.8 Å². The Bertz CT molecular complexity index is 586. The van der Waals surface area contributed by atoms with Crippen LogP contribution in [0.2, 0.25) is 0 Å². The molecule has 0 aliphatic carbocycles. The molecule has 1 aromatic rings. The molecule has 0 unspecified atom stereocenters. The van der Waals surface area contributed by atoms with Crippen molar-refractivity contribution in [2.45, 2.75) is 13.8 Å². The lowest BCUT2D eigenvalue weighted by molar-refractivity contribution is -0.138. The van der Waals surface area contributed by atoms with Crippen LogP contribution in [0.1, 0.15) is 19.4 Å². The first-order valence-electron chi connectivity index (χ1n) is 6.42. The maximum absolute atomic E-state index is 11.7. The van der Waals surface area contributed by atoms with Crippen molar-refractivity contribution in [2.24, 2.45) is 4.99 Å². The molecule has 1 aromatic carbocycles. The van der Waals surface area contributed by atoms with E-state index in [9.17, 15) is 14.7 Å². The van der Waals surface area contributed by atoms with Gasteiger partial charge in [-0.1, -0.05) is 36.4 Å². The van der Waals surface area contributed by atoms with E-state index in [0.29, 0.717) is 0 Å². The van der Waals surface area contributed by atoms with Crippen molar-refractivity contribution in [3.63, 3.8) is 0 Å². The number of hydrogen-bond acceptors (Lipinski definition) is 4. The van der Waals surface area contributed by atoms with Gasteiger partial charge in [-0.05, 0) is 18.6 Å². The van der Waals surface area contributed by atoms with Gasteiger partial charge in [0.2, 0.25) is 5.91 Å². The van der Waals surface area contributed by atoms with Gasteiger partial charge >= 0.3 is 5.97 Å². The first-order chi connectivity index (χ1) is 10.0. The van der Waals surface area contributed by atoms with Crippen LogP contribution in [0, 0.1) is 0 Å². The minimum atomic E-state index is -0.738. The molecule has 0 saturated carbocycles. The second-order valence-electron chi connectivity index (χ2n) is 4.04. The van der Waals surface area contributed by atoms with Crippen molar-refractivity contribution in [2.75, 3.05) is 6.61 Å². The van der Waals surface area contributed by atoms with Crippen LogP contribution in [0.4, 0.5) is 0 Å². The van der Waals surface area contributed by atoms with E-state index in [-0.39, 0.29) is 17.9 Å². The summed E-state index contributed by atoms with van der Waals surface area (Å²) in [5, 5.41) is 9.97. The Hall–Kier alpha value is -2.69. The standard InChI is InChI=1S/C16H17NO4/c1-3-21-16(20)14(11-17-12(2)18)15(19)10-9-13-7-5-4-6-8-13/h4-11,19H,3H2,1-2H3/b10-9+,15-14-,17-11?. The summed E-state index contributed by atoms with van der Waals surface area (Å²) in [5.41, 5.74) is 0.690. The summed E-state index contributed by atoms with van der Waals surface area (Å²) in [6.45, 7) is 3.05. The first-order valence-corrected chi connectivity index (χ1v) is 6.42. The summed E-state index contributed by atoms with van der Waals surface area (Å²) in [6, 6.07) is 9.26. The minimum Gasteiger partial charge on any atom is -0.507 e. The number of allylic oxidation sites excluding steroid dienone is 1. The van der Waals surface area contributed by atoms with Gasteiger partial charge in [0.15, 0.2) is 0 Å². The van der Waals surface area contributed by atoms with E-state index in [1.165, 1.54) is 13.0 Å². The van der Waals surface area contributed by atoms with Crippen LogP contribution in [0.25, 0.3) is 6.08 Å². The molecule has 0 aliphatic heterocycles. The molecule has 0 atom stereocenters. The molecular weight excluding hydrogens is 270 g/mol. The van der Waals surface area contributed by atoms with Crippen molar-refractivity contribution < 1.29 is 19.4 Å². The highest BCUT2D eigenvalue weighted by molar-refractivity contribution is 6.12. The normalized spacial score (nSPS) is 12.5. The van der Waals surface area contributed by atoms with E-state index in [1.807, 2.05) is 30.3 Å². The number of aliphatic hydroxyl groups is 1. The highest BCUT2D eigenvalue weighted by Gasteiger charge is 2.13. The number of rotatable bonds is 5. The van der Waals surface area contributed by atoms with Gasteiger partial charge in [0.25, 0.3) is 0 Å². The van der Waals surface area contributed by atoms with Crippen molar-refractivity contribution >= 4 is 24.2 Å². The smallest absolute Gasteiger partial charge is 0.343 e. The topological polar surface area (TPSA) is 76.0 Å². The zero-order valence-corrected chi connectivity index (χ0v) is 11.9. The zero-order chi connectivity index (χ0) is 15.7. The van der Waals surface area contributed by atoms with Crippen molar-refractivity contribution in [3.8, 4) is 0 Å². The number of hydrogen-bond donors (Lipinski definition) is 1. The highest BCUT2D eigenvalue weighted by Crippen LogP contribution is 2.08. The van der Waals surface area contributed by atoms with Gasteiger partial charge in [0.1, 0.15) is 11.3 Å². The number of esters is 1. The molecule has 0 fully saturated rings. The Kier molecular flexibility index (Phi) is 6.60. The third-order valence-electron chi connectivity index (χ3n) is 2.38. The molecule has 0 spiro atoms. The number of nitrogens with zero attached hydrogens (tertiary/aromatic N) is 1. The second-order valence-corrected chi connectivity index (χ2v) is 4.04. The number of aliphatic imine (C=N–C) groups is 1. The molecule has 0 aliphatic rings. The van der Waals surface area contributed by atoms with Crippen LogP contribution < -0.4 is 0 Å². The number of carbonyl (C=O) groups excluding carboxylic acids is 2. The van der Waals surface area contributed by atoms with Gasteiger partial charge in [-0.3, -0.25) is 4.79 Å². The van der Waals surface area contributed by atoms with Crippen LogP contribution in [-0.2, 0) is 14.3 Å². The molecular formula is C16H17NO4. The Morgan fingerprint density at radius 3 is 2.52 bits per heavy atom. The first kappa shape index (κ1) is 16.4. The summed E-state index contributed by atoms with van der Waals surface area (Å²) >= 11 is 0. The molecule has 5 nitrogen and oxygen atoms in total.